The summed E-state index contributed by atoms with van der Waals surface area (Å²) in [5.41, 5.74) is 0.136. The Morgan fingerprint density at radius 2 is 2.14 bits per heavy atom. The van der Waals surface area contributed by atoms with Crippen LogP contribution in [0.3, 0.4) is 0 Å². The van der Waals surface area contributed by atoms with Crippen LogP contribution in [0.15, 0.2) is 22.4 Å². The highest BCUT2D eigenvalue weighted by molar-refractivity contribution is 14.1. The van der Waals surface area contributed by atoms with Crippen molar-refractivity contribution in [2.75, 3.05) is 0 Å². The number of thiophene rings is 1. The van der Waals surface area contributed by atoms with Crippen LogP contribution in [0, 0.1) is 13.7 Å². The first-order valence-corrected chi connectivity index (χ1v) is 5.98. The van der Waals surface area contributed by atoms with E-state index >= 15 is 0 Å². The van der Waals surface area contributed by atoms with Crippen LogP contribution in [-0.4, -0.2) is 4.92 Å². The minimum Gasteiger partial charge on any atom is -0.258 e. The van der Waals surface area contributed by atoms with Crippen LogP contribution in [0.5, 0.6) is 0 Å². The van der Waals surface area contributed by atoms with Crippen LogP contribution >= 0.6 is 46.6 Å². The standard InChI is InChI=1S/C8H4INO2S2/c9-6-1-4(10(11)12)2-7-5(6)3-8(13)14-7/h1-3,13H. The molecule has 0 bridgehead atoms. The molecule has 1 aromatic carbocycles. The SMILES string of the molecule is O=[N+]([O-])c1cc(I)c2cc(S)sc2c1. The average molecular weight is 337 g/mol. The Bertz CT molecular complexity index is 523. The number of nitro benzene ring substituents is 1. The minimum absolute atomic E-state index is 0.136. The van der Waals surface area contributed by atoms with Crippen molar-refractivity contribution in [2.45, 2.75) is 4.21 Å². The van der Waals surface area contributed by atoms with Gasteiger partial charge in [0.15, 0.2) is 0 Å². The molecule has 0 atom stereocenters. The molecular weight excluding hydrogens is 333 g/mol. The zero-order valence-corrected chi connectivity index (χ0v) is 10.6. The predicted molar refractivity (Wildman–Crippen MR) is 68.4 cm³/mol. The van der Waals surface area contributed by atoms with Crippen LogP contribution in [0.25, 0.3) is 10.1 Å². The van der Waals surface area contributed by atoms with Crippen molar-refractivity contribution < 1.29 is 4.92 Å². The van der Waals surface area contributed by atoms with Gasteiger partial charge in [-0.15, -0.1) is 24.0 Å². The van der Waals surface area contributed by atoms with Crippen LogP contribution in [0.2, 0.25) is 0 Å². The fourth-order valence-corrected chi connectivity index (χ4v) is 3.41. The maximum Gasteiger partial charge on any atom is 0.271 e. The van der Waals surface area contributed by atoms with Crippen molar-refractivity contribution in [2.24, 2.45) is 0 Å². The van der Waals surface area contributed by atoms with Crippen LogP contribution < -0.4 is 0 Å². The Balaban J connectivity index is 2.77. The molecule has 0 saturated carbocycles. The smallest absolute Gasteiger partial charge is 0.258 e. The quantitative estimate of drug-likeness (QED) is 0.373. The molecular formula is C8H4INO2S2. The largest absolute Gasteiger partial charge is 0.271 e. The zero-order valence-electron chi connectivity index (χ0n) is 6.73. The van der Waals surface area contributed by atoms with Gasteiger partial charge >= 0.3 is 0 Å². The highest BCUT2D eigenvalue weighted by Crippen LogP contribution is 2.34. The second kappa shape index (κ2) is 3.67. The Kier molecular flexibility index (Phi) is 2.67. The molecule has 1 heterocycles. The summed E-state index contributed by atoms with van der Waals surface area (Å²) in [5.74, 6) is 0. The lowest BCUT2D eigenvalue weighted by molar-refractivity contribution is -0.384. The summed E-state index contributed by atoms with van der Waals surface area (Å²) in [4.78, 5) is 10.2. The molecule has 1 aromatic heterocycles. The van der Waals surface area contributed by atoms with Crippen molar-refractivity contribution in [3.05, 3.63) is 31.9 Å². The molecule has 0 amide bonds. The van der Waals surface area contributed by atoms with Gasteiger partial charge in [-0.05, 0) is 28.7 Å². The summed E-state index contributed by atoms with van der Waals surface area (Å²) in [6, 6.07) is 5.08. The number of nitrogens with zero attached hydrogens (tertiary/aromatic N) is 1. The van der Waals surface area contributed by atoms with Gasteiger partial charge in [0.25, 0.3) is 5.69 Å². The Morgan fingerprint density at radius 3 is 2.79 bits per heavy atom. The monoisotopic (exact) mass is 337 g/mol. The highest BCUT2D eigenvalue weighted by Gasteiger charge is 2.11. The van der Waals surface area contributed by atoms with Gasteiger partial charge < -0.3 is 0 Å². The van der Waals surface area contributed by atoms with Crippen molar-refractivity contribution >= 4 is 62.3 Å². The number of nitro groups is 1. The van der Waals surface area contributed by atoms with Gasteiger partial charge in [0.05, 0.1) is 9.13 Å². The molecule has 2 rings (SSSR count). The Hall–Kier alpha value is -0.340. The third kappa shape index (κ3) is 1.73. The van der Waals surface area contributed by atoms with Gasteiger partial charge in [0.2, 0.25) is 0 Å². The molecule has 0 unspecified atom stereocenters. The third-order valence-corrected chi connectivity index (χ3v) is 3.95. The second-order valence-corrected chi connectivity index (χ2v) is 5.71. The van der Waals surface area contributed by atoms with E-state index in [-0.39, 0.29) is 10.6 Å². The van der Waals surface area contributed by atoms with Crippen LogP contribution in [-0.2, 0) is 0 Å². The highest BCUT2D eigenvalue weighted by atomic mass is 127. The summed E-state index contributed by atoms with van der Waals surface area (Å²) in [6.45, 7) is 0. The number of benzene rings is 1. The first-order valence-electron chi connectivity index (χ1n) is 3.64. The molecule has 6 heteroatoms. The first-order chi connectivity index (χ1) is 6.58. The maximum absolute atomic E-state index is 10.6. The molecule has 0 N–H and O–H groups in total. The van der Waals surface area contributed by atoms with E-state index in [4.69, 9.17) is 0 Å². The topological polar surface area (TPSA) is 43.1 Å². The molecule has 72 valence electrons. The molecule has 0 spiro atoms. The fraction of sp³-hybridized carbons (Fsp3) is 0. The van der Waals surface area contributed by atoms with E-state index in [1.165, 1.54) is 11.3 Å². The normalized spacial score (nSPS) is 10.7. The molecule has 0 aliphatic rings. The van der Waals surface area contributed by atoms with Crippen molar-refractivity contribution in [3.63, 3.8) is 0 Å². The third-order valence-electron chi connectivity index (χ3n) is 1.77. The van der Waals surface area contributed by atoms with Crippen LogP contribution in [0.1, 0.15) is 0 Å². The molecule has 0 radical (unpaired) electrons. The number of hydrogen-bond acceptors (Lipinski definition) is 4. The maximum atomic E-state index is 10.6. The molecule has 0 saturated heterocycles. The van der Waals surface area contributed by atoms with Crippen LogP contribution in [0.4, 0.5) is 5.69 Å². The summed E-state index contributed by atoms with van der Waals surface area (Å²) < 4.78 is 2.68. The van der Waals surface area contributed by atoms with Crippen molar-refractivity contribution in [1.82, 2.24) is 0 Å². The first kappa shape index (κ1) is 10.2. The lowest BCUT2D eigenvalue weighted by atomic mass is 10.2. The number of fused-ring (bicyclic) bond motifs is 1. The number of halogens is 1. The van der Waals surface area contributed by atoms with Gasteiger partial charge in [-0.25, -0.2) is 0 Å². The average Bonchev–Trinajstić information content (AvgIpc) is 2.45. The van der Waals surface area contributed by atoms with Crippen molar-refractivity contribution in [3.8, 4) is 0 Å². The molecule has 3 nitrogen and oxygen atoms in total. The number of non-ortho nitro benzene ring substituents is 1. The zero-order chi connectivity index (χ0) is 10.3. The number of hydrogen-bond donors (Lipinski definition) is 1. The Labute approximate surface area is 103 Å². The van der Waals surface area contributed by atoms with Crippen molar-refractivity contribution in [1.29, 1.82) is 0 Å². The molecule has 14 heavy (non-hydrogen) atoms. The summed E-state index contributed by atoms with van der Waals surface area (Å²) in [6.07, 6.45) is 0. The minimum atomic E-state index is -0.375. The van der Waals surface area contributed by atoms with E-state index in [0.717, 1.165) is 17.9 Å². The van der Waals surface area contributed by atoms with Gasteiger partial charge in [-0.3, -0.25) is 10.1 Å². The Morgan fingerprint density at radius 1 is 1.43 bits per heavy atom. The van der Waals surface area contributed by atoms with Gasteiger partial charge in [-0.1, -0.05) is 0 Å². The predicted octanol–water partition coefficient (Wildman–Crippen LogP) is 3.70. The van der Waals surface area contributed by atoms with E-state index in [9.17, 15) is 10.1 Å². The summed E-state index contributed by atoms with van der Waals surface area (Å²) >= 11 is 7.77. The number of thiol groups is 1. The van der Waals surface area contributed by atoms with E-state index in [1.54, 1.807) is 12.1 Å². The summed E-state index contributed by atoms with van der Waals surface area (Å²) in [7, 11) is 0. The summed E-state index contributed by atoms with van der Waals surface area (Å²) in [5, 5.41) is 11.6. The van der Waals surface area contributed by atoms with Gasteiger partial charge in [0, 0.05) is 25.8 Å². The van der Waals surface area contributed by atoms with E-state index in [1.807, 2.05) is 6.07 Å². The fourth-order valence-electron chi connectivity index (χ4n) is 1.17. The lowest BCUT2D eigenvalue weighted by Gasteiger charge is -1.94. The molecule has 2 aromatic rings. The van der Waals surface area contributed by atoms with E-state index in [2.05, 4.69) is 35.2 Å². The van der Waals surface area contributed by atoms with Gasteiger partial charge in [-0.2, -0.15) is 0 Å². The van der Waals surface area contributed by atoms with Gasteiger partial charge in [0.1, 0.15) is 0 Å². The second-order valence-electron chi connectivity index (χ2n) is 2.68. The molecule has 0 aliphatic heterocycles. The number of rotatable bonds is 1. The lowest BCUT2D eigenvalue weighted by Crippen LogP contribution is -1.87. The van der Waals surface area contributed by atoms with E-state index in [0.29, 0.717) is 0 Å². The molecule has 0 aliphatic carbocycles. The van der Waals surface area contributed by atoms with E-state index < -0.39 is 0 Å². The molecule has 0 fully saturated rings.